The van der Waals surface area contributed by atoms with E-state index in [1.54, 1.807) is 18.2 Å². The molecule has 2 atom stereocenters. The zero-order valence-electron chi connectivity index (χ0n) is 20.5. The molecule has 1 saturated heterocycles. The van der Waals surface area contributed by atoms with Crippen LogP contribution in [-0.4, -0.2) is 59.8 Å². The van der Waals surface area contributed by atoms with Crippen molar-refractivity contribution in [2.45, 2.75) is 51.0 Å². The smallest absolute Gasteiger partial charge is 0.305 e. The van der Waals surface area contributed by atoms with Gasteiger partial charge >= 0.3 is 5.97 Å². The SMILES string of the molecule is O=C(O)C[C@H](NC(=O)[C@@H]1CCCN(CCCc2ccc3c(n2)NCCC3)C1)c1ccc2c(c1)OCO2. The van der Waals surface area contributed by atoms with Gasteiger partial charge < -0.3 is 30.1 Å². The highest BCUT2D eigenvalue weighted by Gasteiger charge is 2.29. The van der Waals surface area contributed by atoms with E-state index in [4.69, 9.17) is 14.5 Å². The third-order valence-corrected chi connectivity index (χ3v) is 7.23. The van der Waals surface area contributed by atoms with Gasteiger partial charge in [0.25, 0.3) is 0 Å². The normalized spacial score (nSPS) is 19.7. The fourth-order valence-electron chi connectivity index (χ4n) is 5.31. The minimum absolute atomic E-state index is 0.0916. The molecule has 9 heteroatoms. The number of ether oxygens (including phenoxy) is 2. The molecule has 0 radical (unpaired) electrons. The lowest BCUT2D eigenvalue weighted by molar-refractivity contribution is -0.138. The van der Waals surface area contributed by atoms with E-state index in [9.17, 15) is 14.7 Å². The zero-order valence-corrected chi connectivity index (χ0v) is 20.5. The monoisotopic (exact) mass is 494 g/mol. The van der Waals surface area contributed by atoms with Crippen LogP contribution < -0.4 is 20.1 Å². The number of anilines is 1. The summed E-state index contributed by atoms with van der Waals surface area (Å²) in [5.41, 5.74) is 3.11. The summed E-state index contributed by atoms with van der Waals surface area (Å²) in [7, 11) is 0. The largest absolute Gasteiger partial charge is 0.481 e. The second-order valence-electron chi connectivity index (χ2n) is 9.86. The van der Waals surface area contributed by atoms with Crippen molar-refractivity contribution < 1.29 is 24.2 Å². The lowest BCUT2D eigenvalue weighted by atomic mass is 9.95. The highest BCUT2D eigenvalue weighted by Crippen LogP contribution is 2.35. The predicted molar refractivity (Wildman–Crippen MR) is 134 cm³/mol. The molecule has 4 heterocycles. The molecule has 1 amide bonds. The van der Waals surface area contributed by atoms with Crippen molar-refractivity contribution in [2.24, 2.45) is 5.92 Å². The van der Waals surface area contributed by atoms with Crippen LogP contribution in [0.15, 0.2) is 30.3 Å². The summed E-state index contributed by atoms with van der Waals surface area (Å²) < 4.78 is 10.8. The number of rotatable bonds is 9. The van der Waals surface area contributed by atoms with Gasteiger partial charge in [-0.15, -0.1) is 0 Å². The van der Waals surface area contributed by atoms with Crippen molar-refractivity contribution in [1.82, 2.24) is 15.2 Å². The van der Waals surface area contributed by atoms with E-state index in [0.29, 0.717) is 23.6 Å². The predicted octanol–water partition coefficient (Wildman–Crippen LogP) is 3.15. The molecule has 1 aromatic heterocycles. The standard InChI is InChI=1S/C27H34N4O5/c32-25(33)15-22(19-8-10-23-24(14-19)36-17-35-23)30-27(34)20-5-2-12-31(16-20)13-3-6-21-9-7-18-4-1-11-28-26(18)29-21/h7-10,14,20,22H,1-6,11-13,15-17H2,(H,28,29)(H,30,34)(H,32,33)/t20-,22+/m1/s1. The Balaban J connectivity index is 1.14. The van der Waals surface area contributed by atoms with Gasteiger partial charge in [0, 0.05) is 18.8 Å². The number of carbonyl (C=O) groups is 2. The lowest BCUT2D eigenvalue weighted by Gasteiger charge is -2.33. The fraction of sp³-hybridized carbons (Fsp3) is 0.519. The summed E-state index contributed by atoms with van der Waals surface area (Å²) in [6.07, 6.45) is 5.71. The molecule has 0 unspecified atom stereocenters. The van der Waals surface area contributed by atoms with Crippen molar-refractivity contribution in [3.05, 3.63) is 47.2 Å². The molecule has 1 fully saturated rings. The van der Waals surface area contributed by atoms with Crippen molar-refractivity contribution >= 4 is 17.7 Å². The number of aliphatic carboxylic acids is 1. The molecule has 9 nitrogen and oxygen atoms in total. The van der Waals surface area contributed by atoms with E-state index in [1.807, 2.05) is 0 Å². The maximum atomic E-state index is 13.2. The molecule has 0 spiro atoms. The summed E-state index contributed by atoms with van der Waals surface area (Å²) in [6, 6.07) is 9.01. The lowest BCUT2D eigenvalue weighted by Crippen LogP contribution is -2.44. The summed E-state index contributed by atoms with van der Waals surface area (Å²) in [6.45, 7) is 3.71. The van der Waals surface area contributed by atoms with E-state index in [-0.39, 0.29) is 25.0 Å². The van der Waals surface area contributed by atoms with Gasteiger partial charge in [-0.3, -0.25) is 9.59 Å². The summed E-state index contributed by atoms with van der Waals surface area (Å²) in [5.74, 6) is 1.02. The Bertz CT molecular complexity index is 1110. The number of piperidine rings is 1. The summed E-state index contributed by atoms with van der Waals surface area (Å²) in [5, 5.41) is 15.8. The second kappa shape index (κ2) is 11.2. The number of hydrogen-bond donors (Lipinski definition) is 3. The van der Waals surface area contributed by atoms with Crippen LogP contribution >= 0.6 is 0 Å². The third-order valence-electron chi connectivity index (χ3n) is 7.23. The van der Waals surface area contributed by atoms with Crippen molar-refractivity contribution in [3.63, 3.8) is 0 Å². The molecule has 3 aliphatic rings. The number of hydrogen-bond acceptors (Lipinski definition) is 7. The number of carboxylic acids is 1. The Morgan fingerprint density at radius 3 is 2.97 bits per heavy atom. The van der Waals surface area contributed by atoms with Crippen LogP contribution in [-0.2, 0) is 22.4 Å². The number of benzene rings is 1. The third kappa shape index (κ3) is 5.90. The Morgan fingerprint density at radius 2 is 2.08 bits per heavy atom. The van der Waals surface area contributed by atoms with Crippen molar-refractivity contribution in [2.75, 3.05) is 38.3 Å². The van der Waals surface area contributed by atoms with Crippen LogP contribution in [0.4, 0.5) is 5.82 Å². The number of aryl methyl sites for hydroxylation is 2. The van der Waals surface area contributed by atoms with Crippen LogP contribution in [0.3, 0.4) is 0 Å². The average molecular weight is 495 g/mol. The topological polar surface area (TPSA) is 113 Å². The molecule has 1 aromatic carbocycles. The van der Waals surface area contributed by atoms with Gasteiger partial charge in [0.2, 0.25) is 12.7 Å². The highest BCUT2D eigenvalue weighted by atomic mass is 16.7. The number of carboxylic acid groups (broad SMARTS) is 1. The Labute approximate surface area is 211 Å². The number of nitrogens with zero attached hydrogens (tertiary/aromatic N) is 2. The maximum absolute atomic E-state index is 13.2. The minimum Gasteiger partial charge on any atom is -0.481 e. The second-order valence-corrected chi connectivity index (χ2v) is 9.86. The quantitative estimate of drug-likeness (QED) is 0.487. The van der Waals surface area contributed by atoms with E-state index in [1.165, 1.54) is 5.56 Å². The van der Waals surface area contributed by atoms with E-state index in [0.717, 1.165) is 69.7 Å². The van der Waals surface area contributed by atoms with Gasteiger partial charge in [0.15, 0.2) is 11.5 Å². The highest BCUT2D eigenvalue weighted by molar-refractivity contribution is 5.80. The Hall–Kier alpha value is -3.33. The summed E-state index contributed by atoms with van der Waals surface area (Å²) in [4.78, 5) is 31.8. The van der Waals surface area contributed by atoms with Crippen LogP contribution in [0.5, 0.6) is 11.5 Å². The zero-order chi connectivity index (χ0) is 24.9. The number of likely N-dealkylation sites (tertiary alicyclic amines) is 1. The molecular weight excluding hydrogens is 460 g/mol. The summed E-state index contributed by atoms with van der Waals surface area (Å²) >= 11 is 0. The number of amides is 1. The molecule has 192 valence electrons. The van der Waals surface area contributed by atoms with E-state index < -0.39 is 12.0 Å². The van der Waals surface area contributed by atoms with Crippen LogP contribution in [0, 0.1) is 5.92 Å². The fourth-order valence-corrected chi connectivity index (χ4v) is 5.31. The van der Waals surface area contributed by atoms with Crippen molar-refractivity contribution in [3.8, 4) is 11.5 Å². The molecule has 5 rings (SSSR count). The number of fused-ring (bicyclic) bond motifs is 2. The molecule has 3 N–H and O–H groups in total. The van der Waals surface area contributed by atoms with Crippen LogP contribution in [0.1, 0.15) is 55.0 Å². The van der Waals surface area contributed by atoms with Crippen molar-refractivity contribution in [1.29, 1.82) is 0 Å². The van der Waals surface area contributed by atoms with E-state index in [2.05, 4.69) is 27.7 Å². The van der Waals surface area contributed by atoms with Gasteiger partial charge in [-0.2, -0.15) is 0 Å². The number of pyridine rings is 1. The minimum atomic E-state index is -0.964. The average Bonchev–Trinajstić information content (AvgIpc) is 3.36. The number of carbonyl (C=O) groups excluding carboxylic acids is 1. The molecule has 0 aliphatic carbocycles. The van der Waals surface area contributed by atoms with Gasteiger partial charge in [0.05, 0.1) is 18.4 Å². The first kappa shape index (κ1) is 24.4. The first-order valence-electron chi connectivity index (χ1n) is 12.9. The van der Waals surface area contributed by atoms with Gasteiger partial charge in [-0.25, -0.2) is 4.98 Å². The molecule has 3 aliphatic heterocycles. The Kier molecular flexibility index (Phi) is 7.55. The molecule has 2 aromatic rings. The van der Waals surface area contributed by atoms with Crippen LogP contribution in [0.25, 0.3) is 0 Å². The first-order valence-corrected chi connectivity index (χ1v) is 12.9. The van der Waals surface area contributed by atoms with Gasteiger partial charge in [-0.1, -0.05) is 12.1 Å². The Morgan fingerprint density at radius 1 is 1.19 bits per heavy atom. The molecule has 0 saturated carbocycles. The van der Waals surface area contributed by atoms with Gasteiger partial charge in [0.1, 0.15) is 5.82 Å². The molecule has 36 heavy (non-hydrogen) atoms. The van der Waals surface area contributed by atoms with E-state index >= 15 is 0 Å². The van der Waals surface area contributed by atoms with Crippen LogP contribution in [0.2, 0.25) is 0 Å². The molecular formula is C27H34N4O5. The molecule has 0 bridgehead atoms. The number of nitrogens with one attached hydrogen (secondary N) is 2. The van der Waals surface area contributed by atoms with Gasteiger partial charge in [-0.05, 0) is 80.9 Å². The number of aromatic nitrogens is 1. The first-order chi connectivity index (χ1) is 17.5. The maximum Gasteiger partial charge on any atom is 0.305 e.